The molecule has 0 fully saturated rings. The summed E-state index contributed by atoms with van der Waals surface area (Å²) in [5.74, 6) is -0.0406. The first-order valence-electron chi connectivity index (χ1n) is 13.1. The Hall–Kier alpha value is -5.02. The van der Waals surface area contributed by atoms with Crippen LogP contribution < -0.4 is 0 Å². The normalized spacial score (nSPS) is 11.7. The number of aromatic nitrogens is 2. The van der Waals surface area contributed by atoms with E-state index in [1.807, 2.05) is 73.1 Å². The minimum Gasteiger partial charge on any atom is -0.316 e. The molecule has 0 aliphatic carbocycles. The molecule has 0 atom stereocenters. The highest BCUT2D eigenvalue weighted by atomic mass is 16.1. The predicted octanol–water partition coefficient (Wildman–Crippen LogP) is 8.08. The monoisotopic (exact) mass is 504 g/mol. The van der Waals surface area contributed by atoms with Crippen LogP contribution in [0, 0.1) is 6.92 Å². The number of hydrogen-bond acceptors (Lipinski definition) is 2. The van der Waals surface area contributed by atoms with Crippen LogP contribution in [0.1, 0.15) is 38.4 Å². The Kier molecular flexibility index (Phi) is 6.48. The first kappa shape index (κ1) is 24.3. The third kappa shape index (κ3) is 4.28. The van der Waals surface area contributed by atoms with Gasteiger partial charge in [0.1, 0.15) is 5.54 Å². The maximum atomic E-state index is 13.3. The number of hydrogen-bond donors (Lipinski definition) is 0. The summed E-state index contributed by atoms with van der Waals surface area (Å²) in [6, 6.07) is 45.4. The topological polar surface area (TPSA) is 34.9 Å². The molecule has 0 aliphatic rings. The largest absolute Gasteiger partial charge is 0.316 e. The van der Waals surface area contributed by atoms with Crippen molar-refractivity contribution in [1.29, 1.82) is 0 Å². The van der Waals surface area contributed by atoms with Crippen molar-refractivity contribution in [2.75, 3.05) is 0 Å². The zero-order valence-corrected chi connectivity index (χ0v) is 21.7. The van der Waals surface area contributed by atoms with E-state index in [1.165, 1.54) is 0 Å². The Morgan fingerprint density at radius 1 is 0.667 bits per heavy atom. The van der Waals surface area contributed by atoms with Gasteiger partial charge in [-0.25, -0.2) is 4.98 Å². The van der Waals surface area contributed by atoms with Crippen molar-refractivity contribution in [3.8, 4) is 0 Å². The maximum Gasteiger partial charge on any atom is 0.186 e. The molecule has 188 valence electrons. The van der Waals surface area contributed by atoms with Gasteiger partial charge < -0.3 is 4.57 Å². The molecule has 0 bridgehead atoms. The van der Waals surface area contributed by atoms with Crippen molar-refractivity contribution < 1.29 is 4.79 Å². The van der Waals surface area contributed by atoms with Gasteiger partial charge in [-0.2, -0.15) is 0 Å². The zero-order chi connectivity index (χ0) is 26.7. The van der Waals surface area contributed by atoms with Crippen molar-refractivity contribution in [3.05, 3.63) is 180 Å². The number of carbonyl (C=O) groups excluding carboxylic acids is 1. The molecule has 0 aliphatic heterocycles. The van der Waals surface area contributed by atoms with E-state index in [1.54, 1.807) is 6.08 Å². The molecule has 6 rings (SSSR count). The molecule has 0 radical (unpaired) electrons. The van der Waals surface area contributed by atoms with Gasteiger partial charge in [-0.1, -0.05) is 133 Å². The van der Waals surface area contributed by atoms with Gasteiger partial charge in [-0.05, 0) is 46.5 Å². The number of ketones is 1. The molecule has 5 aromatic carbocycles. The van der Waals surface area contributed by atoms with E-state index >= 15 is 0 Å². The highest BCUT2D eigenvalue weighted by Gasteiger charge is 2.39. The average molecular weight is 505 g/mol. The fourth-order valence-corrected chi connectivity index (χ4v) is 5.57. The SMILES string of the molecule is Cc1c(/C=C/C(=O)c2cccc3ccccc23)ncn1C(c1ccccc1)(c1ccccc1)c1ccccc1. The van der Waals surface area contributed by atoms with Gasteiger partial charge in [0.05, 0.1) is 12.0 Å². The van der Waals surface area contributed by atoms with E-state index in [9.17, 15) is 4.79 Å². The van der Waals surface area contributed by atoms with Gasteiger partial charge in [-0.3, -0.25) is 4.79 Å². The number of rotatable bonds is 7. The van der Waals surface area contributed by atoms with Crippen LogP contribution in [-0.4, -0.2) is 15.3 Å². The maximum absolute atomic E-state index is 13.3. The minimum atomic E-state index is -0.646. The molecule has 3 nitrogen and oxygen atoms in total. The second kappa shape index (κ2) is 10.4. The number of nitrogens with zero attached hydrogens (tertiary/aromatic N) is 2. The van der Waals surface area contributed by atoms with Crippen molar-refractivity contribution >= 4 is 22.6 Å². The van der Waals surface area contributed by atoms with Gasteiger partial charge in [0.15, 0.2) is 5.78 Å². The van der Waals surface area contributed by atoms with Crippen LogP contribution in [0.5, 0.6) is 0 Å². The number of carbonyl (C=O) groups is 1. The molecule has 0 N–H and O–H groups in total. The van der Waals surface area contributed by atoms with Gasteiger partial charge in [0.25, 0.3) is 0 Å². The first-order chi connectivity index (χ1) is 19.2. The van der Waals surface area contributed by atoms with Crippen LogP contribution in [-0.2, 0) is 5.54 Å². The summed E-state index contributed by atoms with van der Waals surface area (Å²) in [4.78, 5) is 18.1. The third-order valence-corrected chi connectivity index (χ3v) is 7.43. The van der Waals surface area contributed by atoms with Crippen molar-refractivity contribution in [2.24, 2.45) is 0 Å². The molecule has 1 heterocycles. The Morgan fingerprint density at radius 2 is 1.18 bits per heavy atom. The number of imidazole rings is 1. The summed E-state index contributed by atoms with van der Waals surface area (Å²) in [7, 11) is 0. The summed E-state index contributed by atoms with van der Waals surface area (Å²) in [5, 5.41) is 2.00. The fourth-order valence-electron chi connectivity index (χ4n) is 5.57. The van der Waals surface area contributed by atoms with Crippen LogP contribution in [0.3, 0.4) is 0 Å². The van der Waals surface area contributed by atoms with E-state index in [0.29, 0.717) is 5.56 Å². The molecule has 39 heavy (non-hydrogen) atoms. The van der Waals surface area contributed by atoms with Gasteiger partial charge in [0.2, 0.25) is 0 Å². The molecule has 0 amide bonds. The van der Waals surface area contributed by atoms with E-state index in [2.05, 4.69) is 84.3 Å². The molecule has 0 saturated heterocycles. The molecule has 0 saturated carbocycles. The van der Waals surface area contributed by atoms with Gasteiger partial charge in [-0.15, -0.1) is 0 Å². The summed E-state index contributed by atoms with van der Waals surface area (Å²) < 4.78 is 2.23. The molecule has 0 unspecified atom stereocenters. The highest BCUT2D eigenvalue weighted by molar-refractivity contribution is 6.14. The zero-order valence-electron chi connectivity index (χ0n) is 21.7. The number of benzene rings is 5. The lowest BCUT2D eigenvalue weighted by Gasteiger charge is -2.38. The van der Waals surface area contributed by atoms with E-state index in [-0.39, 0.29) is 5.78 Å². The molecular formula is C36H28N2O. The number of allylic oxidation sites excluding steroid dienone is 1. The smallest absolute Gasteiger partial charge is 0.186 e. The average Bonchev–Trinajstić information content (AvgIpc) is 3.37. The van der Waals surface area contributed by atoms with Crippen LogP contribution in [0.15, 0.2) is 146 Å². The van der Waals surface area contributed by atoms with E-state index < -0.39 is 5.54 Å². The lowest BCUT2D eigenvalue weighted by atomic mass is 9.76. The molecule has 1 aromatic heterocycles. The summed E-state index contributed by atoms with van der Waals surface area (Å²) in [5.41, 5.74) is 5.16. The van der Waals surface area contributed by atoms with E-state index in [0.717, 1.165) is 38.9 Å². The van der Waals surface area contributed by atoms with Crippen molar-refractivity contribution in [1.82, 2.24) is 9.55 Å². The Morgan fingerprint density at radius 3 is 1.77 bits per heavy atom. The lowest BCUT2D eigenvalue weighted by Crippen LogP contribution is -2.38. The second-order valence-electron chi connectivity index (χ2n) is 9.62. The quantitative estimate of drug-likeness (QED) is 0.125. The van der Waals surface area contributed by atoms with Crippen molar-refractivity contribution in [2.45, 2.75) is 12.5 Å². The summed E-state index contributed by atoms with van der Waals surface area (Å²) in [6.45, 7) is 2.07. The van der Waals surface area contributed by atoms with Gasteiger partial charge >= 0.3 is 0 Å². The second-order valence-corrected chi connectivity index (χ2v) is 9.62. The minimum absolute atomic E-state index is 0.0406. The Balaban J connectivity index is 1.49. The lowest BCUT2D eigenvalue weighted by molar-refractivity contribution is 0.104. The van der Waals surface area contributed by atoms with Crippen LogP contribution >= 0.6 is 0 Å². The summed E-state index contributed by atoms with van der Waals surface area (Å²) in [6.07, 6.45) is 5.36. The Labute approximate surface area is 228 Å². The molecule has 6 aromatic rings. The fraction of sp³-hybridized carbons (Fsp3) is 0.0556. The highest BCUT2D eigenvalue weighted by Crippen LogP contribution is 2.42. The van der Waals surface area contributed by atoms with Crippen molar-refractivity contribution in [3.63, 3.8) is 0 Å². The summed E-state index contributed by atoms with van der Waals surface area (Å²) >= 11 is 0. The first-order valence-corrected chi connectivity index (χ1v) is 13.1. The third-order valence-electron chi connectivity index (χ3n) is 7.43. The Bertz CT molecular complexity index is 1670. The molecular weight excluding hydrogens is 476 g/mol. The molecule has 0 spiro atoms. The van der Waals surface area contributed by atoms with E-state index in [4.69, 9.17) is 4.98 Å². The van der Waals surface area contributed by atoms with Crippen LogP contribution in [0.25, 0.3) is 16.8 Å². The standard InChI is InChI=1S/C36H28N2O/c1-27-34(24-25-35(39)33-23-13-15-28-14-11-12-22-32(28)33)37-26-38(27)36(29-16-5-2-6-17-29,30-18-7-3-8-19-30)31-20-9-4-10-21-31/h2-26H,1H3/b25-24+. The van der Waals surface area contributed by atoms with Crippen LogP contribution in [0.2, 0.25) is 0 Å². The van der Waals surface area contributed by atoms with Crippen LogP contribution in [0.4, 0.5) is 0 Å². The predicted molar refractivity (Wildman–Crippen MR) is 159 cm³/mol. The van der Waals surface area contributed by atoms with Gasteiger partial charge in [0, 0.05) is 11.3 Å². The number of fused-ring (bicyclic) bond motifs is 1. The molecule has 3 heteroatoms.